The predicted octanol–water partition coefficient (Wildman–Crippen LogP) is -2.37. The molecule has 0 aromatic rings. The van der Waals surface area contributed by atoms with Crippen LogP contribution < -0.4 is 10.6 Å². The fourth-order valence-electron chi connectivity index (χ4n) is 1.14. The Morgan fingerprint density at radius 2 is 1.32 bits per heavy atom. The van der Waals surface area contributed by atoms with Crippen molar-refractivity contribution in [3.63, 3.8) is 0 Å². The van der Waals surface area contributed by atoms with E-state index in [1.54, 1.807) is 0 Å². The van der Waals surface area contributed by atoms with Crippen LogP contribution in [0.1, 0.15) is 6.42 Å². The number of carbonyl (C=O) groups is 4. The normalized spacial score (nSPS) is 13.5. The summed E-state index contributed by atoms with van der Waals surface area (Å²) >= 11 is 0. The monoisotopic (exact) mass is 278 g/mol. The lowest BCUT2D eigenvalue weighted by Gasteiger charge is -2.17. The van der Waals surface area contributed by atoms with Gasteiger partial charge in [0, 0.05) is 6.54 Å². The van der Waals surface area contributed by atoms with E-state index in [2.05, 4.69) is 10.6 Å². The van der Waals surface area contributed by atoms with Crippen LogP contribution in [0.3, 0.4) is 0 Å². The molecule has 108 valence electrons. The van der Waals surface area contributed by atoms with Crippen LogP contribution in [0.5, 0.6) is 0 Å². The van der Waals surface area contributed by atoms with Gasteiger partial charge in [0.2, 0.25) is 0 Å². The third-order valence-corrected chi connectivity index (χ3v) is 2.04. The average molecular weight is 278 g/mol. The SMILES string of the molecule is O=C(O)CNC(CNC(CC(=O)O)C(=O)O)C(=O)O. The molecule has 0 spiro atoms. The number of hydrogen-bond donors (Lipinski definition) is 6. The average Bonchev–Trinajstić information content (AvgIpc) is 2.25. The predicted molar refractivity (Wildman–Crippen MR) is 58.7 cm³/mol. The van der Waals surface area contributed by atoms with Gasteiger partial charge in [-0.1, -0.05) is 0 Å². The van der Waals surface area contributed by atoms with E-state index in [0.29, 0.717) is 0 Å². The van der Waals surface area contributed by atoms with Gasteiger partial charge in [-0.05, 0) is 0 Å². The molecule has 0 aliphatic rings. The van der Waals surface area contributed by atoms with Gasteiger partial charge in [0.25, 0.3) is 0 Å². The van der Waals surface area contributed by atoms with E-state index in [1.165, 1.54) is 0 Å². The van der Waals surface area contributed by atoms with Crippen LogP contribution in [0, 0.1) is 0 Å². The number of carboxylic acid groups (broad SMARTS) is 4. The van der Waals surface area contributed by atoms with Crippen molar-refractivity contribution in [2.45, 2.75) is 18.5 Å². The minimum absolute atomic E-state index is 0.424. The molecule has 0 fully saturated rings. The Kier molecular flexibility index (Phi) is 7.07. The Bertz CT molecular complexity index is 369. The molecule has 0 aliphatic heterocycles. The highest BCUT2D eigenvalue weighted by Gasteiger charge is 2.24. The minimum atomic E-state index is -1.45. The first-order chi connectivity index (χ1) is 8.73. The Hall–Kier alpha value is -2.20. The maximum absolute atomic E-state index is 10.8. The first-order valence-electron chi connectivity index (χ1n) is 5.10. The molecule has 0 amide bonds. The summed E-state index contributed by atoms with van der Waals surface area (Å²) in [6, 6.07) is -2.79. The van der Waals surface area contributed by atoms with Crippen molar-refractivity contribution in [2.24, 2.45) is 0 Å². The summed E-state index contributed by atoms with van der Waals surface area (Å²) in [6.07, 6.45) is -0.722. The van der Waals surface area contributed by atoms with Gasteiger partial charge in [-0.15, -0.1) is 0 Å². The molecule has 6 N–H and O–H groups in total. The summed E-state index contributed by atoms with van der Waals surface area (Å²) < 4.78 is 0. The summed E-state index contributed by atoms with van der Waals surface area (Å²) in [5, 5.41) is 38.7. The molecular formula is C9H14N2O8. The lowest BCUT2D eigenvalue weighted by Crippen LogP contribution is -2.50. The summed E-state index contributed by atoms with van der Waals surface area (Å²) in [5.41, 5.74) is 0. The third kappa shape index (κ3) is 7.68. The fraction of sp³-hybridized carbons (Fsp3) is 0.556. The second-order valence-electron chi connectivity index (χ2n) is 3.56. The summed E-state index contributed by atoms with van der Waals surface area (Å²) in [7, 11) is 0. The summed E-state index contributed by atoms with van der Waals surface area (Å²) in [6.45, 7) is -1.04. The lowest BCUT2D eigenvalue weighted by molar-refractivity contribution is -0.146. The molecule has 10 heteroatoms. The number of carboxylic acids is 4. The standard InChI is InChI=1S/C9H14N2O8/c12-6(13)1-4(8(16)17)10-2-5(9(18)19)11-3-7(14)15/h4-5,10-11H,1-3H2,(H,12,13)(H,14,15)(H,16,17)(H,18,19). The topological polar surface area (TPSA) is 173 Å². The second kappa shape index (κ2) is 8.00. The highest BCUT2D eigenvalue weighted by molar-refractivity contribution is 5.81. The maximum Gasteiger partial charge on any atom is 0.322 e. The number of rotatable bonds is 10. The van der Waals surface area contributed by atoms with E-state index in [9.17, 15) is 19.2 Å². The van der Waals surface area contributed by atoms with Gasteiger partial charge in [0.15, 0.2) is 0 Å². The first-order valence-corrected chi connectivity index (χ1v) is 5.10. The van der Waals surface area contributed by atoms with E-state index in [4.69, 9.17) is 20.4 Å². The van der Waals surface area contributed by atoms with Crippen molar-refractivity contribution in [3.8, 4) is 0 Å². The molecule has 0 aliphatic carbocycles. The molecule has 0 saturated carbocycles. The quantitative estimate of drug-likeness (QED) is 0.253. The third-order valence-electron chi connectivity index (χ3n) is 2.04. The van der Waals surface area contributed by atoms with Crippen LogP contribution >= 0.6 is 0 Å². The van der Waals surface area contributed by atoms with Gasteiger partial charge < -0.3 is 25.7 Å². The molecule has 0 aromatic heterocycles. The molecular weight excluding hydrogens is 264 g/mol. The van der Waals surface area contributed by atoms with Gasteiger partial charge >= 0.3 is 23.9 Å². The van der Waals surface area contributed by atoms with Crippen molar-refractivity contribution in [1.29, 1.82) is 0 Å². The highest BCUT2D eigenvalue weighted by Crippen LogP contribution is 1.94. The van der Waals surface area contributed by atoms with Crippen molar-refractivity contribution in [1.82, 2.24) is 10.6 Å². The van der Waals surface area contributed by atoms with Crippen LogP contribution in [0.15, 0.2) is 0 Å². The minimum Gasteiger partial charge on any atom is -0.481 e. The largest absolute Gasteiger partial charge is 0.481 e. The van der Waals surface area contributed by atoms with E-state index in [0.717, 1.165) is 0 Å². The molecule has 2 atom stereocenters. The zero-order valence-electron chi connectivity index (χ0n) is 9.70. The van der Waals surface area contributed by atoms with E-state index < -0.39 is 55.5 Å². The van der Waals surface area contributed by atoms with Gasteiger partial charge in [0.1, 0.15) is 12.1 Å². The molecule has 0 heterocycles. The Morgan fingerprint density at radius 3 is 1.68 bits per heavy atom. The maximum atomic E-state index is 10.8. The first kappa shape index (κ1) is 16.8. The fourth-order valence-corrected chi connectivity index (χ4v) is 1.14. The Morgan fingerprint density at radius 1 is 0.789 bits per heavy atom. The molecule has 10 nitrogen and oxygen atoms in total. The zero-order valence-corrected chi connectivity index (χ0v) is 9.70. The molecule has 0 radical (unpaired) electrons. The smallest absolute Gasteiger partial charge is 0.322 e. The number of aliphatic carboxylic acids is 4. The van der Waals surface area contributed by atoms with Crippen LogP contribution in [0.25, 0.3) is 0 Å². The van der Waals surface area contributed by atoms with Crippen LogP contribution in [0.2, 0.25) is 0 Å². The van der Waals surface area contributed by atoms with Gasteiger partial charge in [-0.2, -0.15) is 0 Å². The van der Waals surface area contributed by atoms with Crippen molar-refractivity contribution in [2.75, 3.05) is 13.1 Å². The Labute approximate surface area is 107 Å². The summed E-state index contributed by atoms with van der Waals surface area (Å²) in [5.74, 6) is -5.45. The van der Waals surface area contributed by atoms with Gasteiger partial charge in [-0.3, -0.25) is 24.5 Å². The molecule has 19 heavy (non-hydrogen) atoms. The van der Waals surface area contributed by atoms with Crippen LogP contribution in [-0.4, -0.2) is 69.5 Å². The molecule has 0 saturated heterocycles. The second-order valence-corrected chi connectivity index (χ2v) is 3.56. The lowest BCUT2D eigenvalue weighted by atomic mass is 10.2. The molecule has 0 bridgehead atoms. The number of nitrogens with one attached hydrogen (secondary N) is 2. The van der Waals surface area contributed by atoms with Gasteiger partial charge in [-0.25, -0.2) is 0 Å². The Balaban J connectivity index is 4.41. The van der Waals surface area contributed by atoms with Crippen LogP contribution in [-0.2, 0) is 19.2 Å². The summed E-state index contributed by atoms with van der Waals surface area (Å²) in [4.78, 5) is 42.1. The highest BCUT2D eigenvalue weighted by atomic mass is 16.4. The van der Waals surface area contributed by atoms with Crippen molar-refractivity contribution < 1.29 is 39.6 Å². The number of hydrogen-bond acceptors (Lipinski definition) is 6. The molecule has 0 rings (SSSR count). The van der Waals surface area contributed by atoms with E-state index in [-0.39, 0.29) is 0 Å². The molecule has 0 aromatic carbocycles. The van der Waals surface area contributed by atoms with Gasteiger partial charge in [0.05, 0.1) is 13.0 Å². The van der Waals surface area contributed by atoms with Crippen LogP contribution in [0.4, 0.5) is 0 Å². The van der Waals surface area contributed by atoms with Crippen molar-refractivity contribution >= 4 is 23.9 Å². The molecule has 2 unspecified atom stereocenters. The van der Waals surface area contributed by atoms with E-state index in [1.807, 2.05) is 0 Å². The van der Waals surface area contributed by atoms with E-state index >= 15 is 0 Å². The van der Waals surface area contributed by atoms with Crippen molar-refractivity contribution in [3.05, 3.63) is 0 Å². The zero-order chi connectivity index (χ0) is 15.0.